The van der Waals surface area contributed by atoms with Crippen molar-refractivity contribution in [2.75, 3.05) is 6.61 Å². The first-order chi connectivity index (χ1) is 18.0. The third-order valence-electron chi connectivity index (χ3n) is 8.82. The van der Waals surface area contributed by atoms with Gasteiger partial charge in [-0.05, 0) is 77.5 Å². The van der Waals surface area contributed by atoms with Gasteiger partial charge in [-0.3, -0.25) is 0 Å². The van der Waals surface area contributed by atoms with Crippen LogP contribution in [0.15, 0.2) is 60.2 Å². The molecule has 0 aromatic heterocycles. The molecule has 3 aromatic rings. The van der Waals surface area contributed by atoms with Gasteiger partial charge in [0.25, 0.3) is 0 Å². The van der Waals surface area contributed by atoms with E-state index in [4.69, 9.17) is 9.47 Å². The summed E-state index contributed by atoms with van der Waals surface area (Å²) in [4.78, 5) is 0. The van der Waals surface area contributed by atoms with Gasteiger partial charge in [0, 0.05) is 10.8 Å². The zero-order valence-corrected chi connectivity index (χ0v) is 25.4. The van der Waals surface area contributed by atoms with Crippen LogP contribution < -0.4 is 4.74 Å². The van der Waals surface area contributed by atoms with Gasteiger partial charge in [-0.1, -0.05) is 116 Å². The van der Waals surface area contributed by atoms with Gasteiger partial charge in [-0.15, -0.1) is 0 Å². The summed E-state index contributed by atoms with van der Waals surface area (Å²) in [6.45, 7) is 21.6. The molecule has 0 saturated heterocycles. The van der Waals surface area contributed by atoms with E-state index in [1.807, 2.05) is 0 Å². The average molecular weight is 515 g/mol. The van der Waals surface area contributed by atoms with Crippen LogP contribution in [0.3, 0.4) is 0 Å². The molecule has 2 heteroatoms. The fourth-order valence-electron chi connectivity index (χ4n) is 7.33. The molecule has 0 spiro atoms. The van der Waals surface area contributed by atoms with Crippen LogP contribution in [0.5, 0.6) is 5.75 Å². The van der Waals surface area contributed by atoms with E-state index in [-0.39, 0.29) is 17.1 Å². The lowest BCUT2D eigenvalue weighted by Gasteiger charge is -2.39. The van der Waals surface area contributed by atoms with Crippen molar-refractivity contribution in [1.82, 2.24) is 0 Å². The fourth-order valence-corrected chi connectivity index (χ4v) is 7.33. The lowest BCUT2D eigenvalue weighted by Crippen LogP contribution is -2.34. The lowest BCUT2D eigenvalue weighted by molar-refractivity contribution is -0.102. The van der Waals surface area contributed by atoms with Gasteiger partial charge in [0.05, 0.1) is 6.61 Å². The van der Waals surface area contributed by atoms with Crippen LogP contribution in [-0.2, 0) is 4.74 Å². The summed E-state index contributed by atoms with van der Waals surface area (Å²) in [5.41, 5.74) is 3.35. The van der Waals surface area contributed by atoms with E-state index < -0.39 is 0 Å². The molecule has 0 bridgehead atoms. The molecule has 0 heterocycles. The molecule has 1 aliphatic rings. The van der Waals surface area contributed by atoms with Crippen molar-refractivity contribution >= 4 is 21.5 Å². The Balaban J connectivity index is 1.73. The average Bonchev–Trinajstić information content (AvgIpc) is 2.87. The Morgan fingerprint density at radius 1 is 0.895 bits per heavy atom. The topological polar surface area (TPSA) is 18.5 Å². The lowest BCUT2D eigenvalue weighted by atomic mass is 9.68. The molecule has 0 fully saturated rings. The number of benzene rings is 3. The zero-order valence-electron chi connectivity index (χ0n) is 25.4. The maximum absolute atomic E-state index is 6.75. The van der Waals surface area contributed by atoms with Crippen molar-refractivity contribution in [3.8, 4) is 5.75 Å². The van der Waals surface area contributed by atoms with E-state index in [9.17, 15) is 0 Å². The SMILES string of the molecule is CCC1=CC(C)CC(CC)(COC(C)Oc2c3ccccc3c(C(C(C)C)C(C)(C)C)c3ccccc23)C1. The van der Waals surface area contributed by atoms with Gasteiger partial charge in [-0.2, -0.15) is 0 Å². The highest BCUT2D eigenvalue weighted by atomic mass is 16.7. The highest BCUT2D eigenvalue weighted by Crippen LogP contribution is 2.49. The second-order valence-corrected chi connectivity index (χ2v) is 13.3. The Labute approximate surface area is 231 Å². The van der Waals surface area contributed by atoms with E-state index in [2.05, 4.69) is 117 Å². The third kappa shape index (κ3) is 5.81. The number of rotatable bonds is 9. The first kappa shape index (κ1) is 28.7. The molecule has 1 aliphatic carbocycles. The van der Waals surface area contributed by atoms with Crippen molar-refractivity contribution in [3.05, 3.63) is 65.7 Å². The molecular weight excluding hydrogens is 464 g/mol. The van der Waals surface area contributed by atoms with Crippen molar-refractivity contribution in [2.45, 2.75) is 100 Å². The summed E-state index contributed by atoms with van der Waals surface area (Å²) in [7, 11) is 0. The summed E-state index contributed by atoms with van der Waals surface area (Å²) in [5, 5.41) is 4.95. The van der Waals surface area contributed by atoms with Crippen LogP contribution in [0.2, 0.25) is 0 Å². The normalized spacial score (nSPS) is 22.1. The van der Waals surface area contributed by atoms with Crippen molar-refractivity contribution in [3.63, 3.8) is 0 Å². The summed E-state index contributed by atoms with van der Waals surface area (Å²) >= 11 is 0. The first-order valence-electron chi connectivity index (χ1n) is 14.9. The second kappa shape index (κ2) is 11.4. The number of hydrogen-bond acceptors (Lipinski definition) is 2. The molecule has 3 aromatic carbocycles. The van der Waals surface area contributed by atoms with E-state index in [0.717, 1.165) is 31.6 Å². The van der Waals surface area contributed by atoms with Crippen LogP contribution >= 0.6 is 0 Å². The van der Waals surface area contributed by atoms with Gasteiger partial charge >= 0.3 is 0 Å². The summed E-state index contributed by atoms with van der Waals surface area (Å²) in [5.74, 6) is 2.48. The zero-order chi connectivity index (χ0) is 27.7. The van der Waals surface area contributed by atoms with Crippen LogP contribution in [0, 0.1) is 22.7 Å². The van der Waals surface area contributed by atoms with E-state index in [0.29, 0.717) is 17.8 Å². The quantitative estimate of drug-likeness (QED) is 0.161. The van der Waals surface area contributed by atoms with Crippen LogP contribution in [0.25, 0.3) is 21.5 Å². The van der Waals surface area contributed by atoms with E-state index in [1.54, 1.807) is 5.57 Å². The molecular formula is C36H50O2. The van der Waals surface area contributed by atoms with Gasteiger partial charge < -0.3 is 9.47 Å². The molecule has 4 unspecified atom stereocenters. The van der Waals surface area contributed by atoms with Gasteiger partial charge in [-0.25, -0.2) is 0 Å². The number of hydrogen-bond donors (Lipinski definition) is 0. The van der Waals surface area contributed by atoms with Crippen LogP contribution in [-0.4, -0.2) is 12.9 Å². The van der Waals surface area contributed by atoms with Crippen molar-refractivity contribution in [1.29, 1.82) is 0 Å². The van der Waals surface area contributed by atoms with Gasteiger partial charge in [0.2, 0.25) is 0 Å². The predicted octanol–water partition coefficient (Wildman–Crippen LogP) is 10.7. The molecule has 4 atom stereocenters. The highest BCUT2D eigenvalue weighted by Gasteiger charge is 2.35. The van der Waals surface area contributed by atoms with Crippen molar-refractivity contribution in [2.24, 2.45) is 22.7 Å². The number of ether oxygens (including phenoxy) is 2. The fraction of sp³-hybridized carbons (Fsp3) is 0.556. The molecule has 0 radical (unpaired) electrons. The third-order valence-corrected chi connectivity index (χ3v) is 8.82. The summed E-state index contributed by atoms with van der Waals surface area (Å²) in [6, 6.07) is 17.6. The minimum atomic E-state index is -0.328. The Morgan fingerprint density at radius 2 is 1.45 bits per heavy atom. The number of fused-ring (bicyclic) bond motifs is 2. The van der Waals surface area contributed by atoms with E-state index in [1.165, 1.54) is 33.5 Å². The first-order valence-corrected chi connectivity index (χ1v) is 14.9. The summed E-state index contributed by atoms with van der Waals surface area (Å²) in [6.07, 6.45) is 6.74. The smallest absolute Gasteiger partial charge is 0.197 e. The molecule has 206 valence electrons. The molecule has 38 heavy (non-hydrogen) atoms. The monoisotopic (exact) mass is 514 g/mol. The van der Waals surface area contributed by atoms with E-state index >= 15 is 0 Å². The second-order valence-electron chi connectivity index (χ2n) is 13.3. The Bertz CT molecular complexity index is 1220. The summed E-state index contributed by atoms with van der Waals surface area (Å²) < 4.78 is 13.3. The molecule has 0 aliphatic heterocycles. The molecule has 0 amide bonds. The maximum Gasteiger partial charge on any atom is 0.197 e. The van der Waals surface area contributed by atoms with Gasteiger partial charge in [0.15, 0.2) is 6.29 Å². The molecule has 0 N–H and O–H groups in total. The predicted molar refractivity (Wildman–Crippen MR) is 164 cm³/mol. The van der Waals surface area contributed by atoms with Crippen LogP contribution in [0.4, 0.5) is 0 Å². The molecule has 2 nitrogen and oxygen atoms in total. The highest BCUT2D eigenvalue weighted by molar-refractivity contribution is 6.09. The largest absolute Gasteiger partial charge is 0.464 e. The molecule has 0 saturated carbocycles. The van der Waals surface area contributed by atoms with Crippen LogP contribution in [0.1, 0.15) is 99.5 Å². The molecule has 4 rings (SSSR count). The number of allylic oxidation sites excluding steroid dienone is 2. The van der Waals surface area contributed by atoms with Crippen molar-refractivity contribution < 1.29 is 9.47 Å². The Hall–Kier alpha value is -2.32. The maximum atomic E-state index is 6.75. The standard InChI is InChI=1S/C36H50O2/c1-10-27-20-25(5)21-36(11-2,22-27)23-37-26(6)38-34-30-18-14-12-16-28(30)32(29-17-13-15-19-31(29)34)33(24(3)4)35(7,8)9/h12-20,24-26,33H,10-11,21-23H2,1-9H3. The Kier molecular flexibility index (Phi) is 8.62. The van der Waals surface area contributed by atoms with Gasteiger partial charge in [0.1, 0.15) is 5.75 Å². The Morgan fingerprint density at radius 3 is 1.92 bits per heavy atom. The minimum Gasteiger partial charge on any atom is -0.464 e. The minimum absolute atomic E-state index is 0.135.